The van der Waals surface area contributed by atoms with E-state index in [1.165, 1.54) is 4.88 Å². The molecular formula is C20H22N2O3S. The number of carbonyl (C=O) groups excluding carboxylic acids is 1. The van der Waals surface area contributed by atoms with Crippen molar-refractivity contribution in [3.05, 3.63) is 46.5 Å². The van der Waals surface area contributed by atoms with E-state index in [1.807, 2.05) is 24.3 Å². The van der Waals surface area contributed by atoms with Gasteiger partial charge in [0.05, 0.1) is 24.4 Å². The molecule has 1 aliphatic carbocycles. The number of methoxy groups -OCH3 is 2. The van der Waals surface area contributed by atoms with Crippen molar-refractivity contribution in [1.82, 2.24) is 9.88 Å². The number of aromatic nitrogens is 1. The summed E-state index contributed by atoms with van der Waals surface area (Å²) in [5, 5.41) is 3.10. The van der Waals surface area contributed by atoms with E-state index in [-0.39, 0.29) is 5.91 Å². The molecule has 0 spiro atoms. The fourth-order valence-electron chi connectivity index (χ4n) is 3.15. The Bertz CT molecular complexity index is 947. The van der Waals surface area contributed by atoms with Gasteiger partial charge in [-0.15, -0.1) is 11.3 Å². The molecule has 1 amide bonds. The monoisotopic (exact) mass is 370 g/mol. The van der Waals surface area contributed by atoms with Gasteiger partial charge in [0.1, 0.15) is 17.2 Å². The van der Waals surface area contributed by atoms with Gasteiger partial charge in [-0.2, -0.15) is 0 Å². The summed E-state index contributed by atoms with van der Waals surface area (Å²) in [6.45, 7) is 2.67. The molecule has 4 rings (SSSR count). The van der Waals surface area contributed by atoms with Gasteiger partial charge in [-0.05, 0) is 49.6 Å². The Morgan fingerprint density at radius 2 is 1.85 bits per heavy atom. The van der Waals surface area contributed by atoms with Crippen molar-refractivity contribution in [3.8, 4) is 11.5 Å². The zero-order valence-corrected chi connectivity index (χ0v) is 16.0. The number of nitrogens with one attached hydrogen (secondary N) is 1. The van der Waals surface area contributed by atoms with Crippen molar-refractivity contribution in [1.29, 1.82) is 0 Å². The highest BCUT2D eigenvalue weighted by Gasteiger charge is 2.26. The minimum absolute atomic E-state index is 0.00316. The number of benzene rings is 1. The van der Waals surface area contributed by atoms with Gasteiger partial charge in [-0.1, -0.05) is 0 Å². The van der Waals surface area contributed by atoms with E-state index >= 15 is 0 Å². The van der Waals surface area contributed by atoms with Gasteiger partial charge in [0.25, 0.3) is 5.91 Å². The highest BCUT2D eigenvalue weighted by atomic mass is 32.1. The van der Waals surface area contributed by atoms with Crippen molar-refractivity contribution in [2.45, 2.75) is 32.4 Å². The molecule has 0 aliphatic heterocycles. The summed E-state index contributed by atoms with van der Waals surface area (Å²) >= 11 is 1.71. The van der Waals surface area contributed by atoms with Crippen LogP contribution < -0.4 is 14.8 Å². The van der Waals surface area contributed by atoms with E-state index in [0.29, 0.717) is 18.3 Å². The Morgan fingerprint density at radius 3 is 2.46 bits per heavy atom. The van der Waals surface area contributed by atoms with E-state index in [9.17, 15) is 4.79 Å². The average molecular weight is 370 g/mol. The Balaban J connectivity index is 1.75. The van der Waals surface area contributed by atoms with E-state index in [4.69, 9.17) is 9.47 Å². The largest absolute Gasteiger partial charge is 0.497 e. The molecule has 3 aromatic rings. The van der Waals surface area contributed by atoms with E-state index in [2.05, 4.69) is 22.9 Å². The summed E-state index contributed by atoms with van der Waals surface area (Å²) in [5.41, 5.74) is 2.83. The molecule has 2 aromatic heterocycles. The molecule has 1 fully saturated rings. The number of ether oxygens (including phenoxy) is 2. The van der Waals surface area contributed by atoms with Gasteiger partial charge in [0.15, 0.2) is 0 Å². The number of carbonyl (C=O) groups is 1. The molecule has 0 radical (unpaired) electrons. The molecule has 0 unspecified atom stereocenters. The van der Waals surface area contributed by atoms with Gasteiger partial charge in [0.2, 0.25) is 0 Å². The second-order valence-corrected chi connectivity index (χ2v) is 7.98. The predicted octanol–water partition coefficient (Wildman–Crippen LogP) is 3.97. The van der Waals surface area contributed by atoms with E-state index in [0.717, 1.165) is 40.1 Å². The summed E-state index contributed by atoms with van der Waals surface area (Å²) in [5.74, 6) is 1.49. The van der Waals surface area contributed by atoms with Crippen molar-refractivity contribution < 1.29 is 14.3 Å². The summed E-state index contributed by atoms with van der Waals surface area (Å²) in [4.78, 5) is 14.0. The molecule has 0 bridgehead atoms. The molecule has 1 aliphatic rings. The predicted molar refractivity (Wildman–Crippen MR) is 104 cm³/mol. The van der Waals surface area contributed by atoms with E-state index < -0.39 is 0 Å². The van der Waals surface area contributed by atoms with Gasteiger partial charge in [-0.25, -0.2) is 0 Å². The van der Waals surface area contributed by atoms with Crippen LogP contribution in [0.15, 0.2) is 30.3 Å². The lowest BCUT2D eigenvalue weighted by Gasteiger charge is -2.13. The van der Waals surface area contributed by atoms with Gasteiger partial charge in [0, 0.05) is 23.5 Å². The van der Waals surface area contributed by atoms with Crippen LogP contribution in [0.3, 0.4) is 0 Å². The Hall–Kier alpha value is -2.47. The topological polar surface area (TPSA) is 52.5 Å². The second kappa shape index (κ2) is 6.68. The van der Waals surface area contributed by atoms with Crippen LogP contribution in [0.25, 0.3) is 10.2 Å². The molecular weight excluding hydrogens is 348 g/mol. The maximum absolute atomic E-state index is 12.7. The highest BCUT2D eigenvalue weighted by Crippen LogP contribution is 2.31. The number of thiophene rings is 1. The number of hydrogen-bond donors (Lipinski definition) is 1. The van der Waals surface area contributed by atoms with E-state index in [1.54, 1.807) is 25.6 Å². The molecule has 0 saturated heterocycles. The average Bonchev–Trinajstić information content (AvgIpc) is 3.28. The molecule has 26 heavy (non-hydrogen) atoms. The van der Waals surface area contributed by atoms with Crippen molar-refractivity contribution in [2.75, 3.05) is 14.2 Å². The number of rotatable bonds is 6. The van der Waals surface area contributed by atoms with Gasteiger partial charge < -0.3 is 19.4 Å². The van der Waals surface area contributed by atoms with Crippen LogP contribution >= 0.6 is 11.3 Å². The van der Waals surface area contributed by atoms with Crippen molar-refractivity contribution in [3.63, 3.8) is 0 Å². The summed E-state index contributed by atoms with van der Waals surface area (Å²) in [6.07, 6.45) is 2.15. The molecule has 1 N–H and O–H groups in total. The van der Waals surface area contributed by atoms with Crippen LogP contribution in [-0.4, -0.2) is 30.7 Å². The first-order chi connectivity index (χ1) is 12.6. The first kappa shape index (κ1) is 17.0. The third-order valence-electron chi connectivity index (χ3n) is 4.61. The minimum Gasteiger partial charge on any atom is -0.497 e. The lowest BCUT2D eigenvalue weighted by molar-refractivity contribution is 0.0942. The fourth-order valence-corrected chi connectivity index (χ4v) is 4.11. The number of fused-ring (bicyclic) bond motifs is 1. The summed E-state index contributed by atoms with van der Waals surface area (Å²) < 4.78 is 14.0. The molecule has 6 heteroatoms. The maximum Gasteiger partial charge on any atom is 0.268 e. The van der Waals surface area contributed by atoms with Crippen LogP contribution in [0.4, 0.5) is 0 Å². The molecule has 2 heterocycles. The second-order valence-electron chi connectivity index (χ2n) is 6.69. The first-order valence-electron chi connectivity index (χ1n) is 8.70. The van der Waals surface area contributed by atoms with Gasteiger partial charge >= 0.3 is 0 Å². The van der Waals surface area contributed by atoms with Crippen LogP contribution in [-0.2, 0) is 6.54 Å². The quantitative estimate of drug-likeness (QED) is 0.714. The third-order valence-corrected chi connectivity index (χ3v) is 5.60. The highest BCUT2D eigenvalue weighted by molar-refractivity contribution is 7.19. The fraction of sp³-hybridized carbons (Fsp3) is 0.350. The van der Waals surface area contributed by atoms with Crippen LogP contribution in [0, 0.1) is 6.92 Å². The summed E-state index contributed by atoms with van der Waals surface area (Å²) in [6, 6.07) is 10.3. The molecule has 1 saturated carbocycles. The normalized spacial score (nSPS) is 13.8. The number of aryl methyl sites for hydroxylation is 1. The SMILES string of the molecule is COc1cc(Cn2c(C(=O)NC3CC3)cc3sc(C)cc32)cc(OC)c1. The minimum atomic E-state index is 0.00316. The van der Waals surface area contributed by atoms with Gasteiger partial charge in [-0.3, -0.25) is 4.79 Å². The number of amides is 1. The van der Waals surface area contributed by atoms with Crippen LogP contribution in [0.1, 0.15) is 33.8 Å². The smallest absolute Gasteiger partial charge is 0.268 e. The lowest BCUT2D eigenvalue weighted by Crippen LogP contribution is -2.27. The zero-order valence-electron chi connectivity index (χ0n) is 15.2. The Morgan fingerprint density at radius 1 is 1.15 bits per heavy atom. The lowest BCUT2D eigenvalue weighted by atomic mass is 10.2. The standard InChI is InChI=1S/C20H22N2O3S/c1-12-6-17-19(26-12)10-18(20(23)21-14-4-5-14)22(17)11-13-7-15(24-2)9-16(8-13)25-3/h6-10,14H,4-5,11H2,1-3H3,(H,21,23). The molecule has 5 nitrogen and oxygen atoms in total. The molecule has 1 aromatic carbocycles. The molecule has 0 atom stereocenters. The third kappa shape index (κ3) is 3.29. The molecule has 136 valence electrons. The van der Waals surface area contributed by atoms with Crippen molar-refractivity contribution in [2.24, 2.45) is 0 Å². The number of nitrogens with zero attached hydrogens (tertiary/aromatic N) is 1. The Labute approximate surface area is 156 Å². The zero-order chi connectivity index (χ0) is 18.3. The summed E-state index contributed by atoms with van der Waals surface area (Å²) in [7, 11) is 3.28. The van der Waals surface area contributed by atoms with Crippen LogP contribution in [0.2, 0.25) is 0 Å². The first-order valence-corrected chi connectivity index (χ1v) is 9.51. The van der Waals surface area contributed by atoms with Crippen LogP contribution in [0.5, 0.6) is 11.5 Å². The Kier molecular flexibility index (Phi) is 4.36. The van der Waals surface area contributed by atoms with Crippen molar-refractivity contribution >= 4 is 27.5 Å². The number of hydrogen-bond acceptors (Lipinski definition) is 4. The maximum atomic E-state index is 12.7.